The first-order valence-corrected chi connectivity index (χ1v) is 13.1. The first-order valence-electron chi connectivity index (χ1n) is 13.1. The molecule has 0 spiro atoms. The molecule has 2 fully saturated rings. The van der Waals surface area contributed by atoms with Crippen LogP contribution in [0.2, 0.25) is 6.82 Å². The van der Waals surface area contributed by atoms with E-state index in [1.807, 2.05) is 37.3 Å². The third kappa shape index (κ3) is 7.62. The maximum atomic E-state index is 13.3. The van der Waals surface area contributed by atoms with Crippen LogP contribution in [-0.2, 0) is 16.0 Å². The second-order valence-electron chi connectivity index (χ2n) is 10.1. The lowest BCUT2D eigenvalue weighted by atomic mass is 9.84. The number of aliphatic carboxylic acids is 1. The molecule has 12 heteroatoms. The van der Waals surface area contributed by atoms with E-state index in [2.05, 4.69) is 6.07 Å². The zero-order valence-corrected chi connectivity index (χ0v) is 23.0. The average Bonchev–Trinajstić information content (AvgIpc) is 3.53. The molecule has 0 bridgehead atoms. The Morgan fingerprint density at radius 1 is 1.05 bits per heavy atom. The van der Waals surface area contributed by atoms with Gasteiger partial charge < -0.3 is 29.2 Å². The number of alkyl halides is 3. The molecule has 1 saturated heterocycles. The van der Waals surface area contributed by atoms with Gasteiger partial charge in [0, 0.05) is 18.4 Å². The number of hydrogen-bond donors (Lipinski definition) is 2. The number of benzene rings is 2. The van der Waals surface area contributed by atoms with Gasteiger partial charge in [0.2, 0.25) is 5.91 Å². The summed E-state index contributed by atoms with van der Waals surface area (Å²) in [5, 5.41) is 17.4. The lowest BCUT2D eigenvalue weighted by Gasteiger charge is -2.21. The molecule has 0 aromatic heterocycles. The number of hydrogen-bond acceptors (Lipinski definition) is 6. The van der Waals surface area contributed by atoms with E-state index in [0.29, 0.717) is 18.7 Å². The summed E-state index contributed by atoms with van der Waals surface area (Å²) in [6, 6.07) is 12.1. The maximum Gasteiger partial charge on any atom is 0.490 e. The van der Waals surface area contributed by atoms with Gasteiger partial charge in [-0.15, -0.1) is 0 Å². The summed E-state index contributed by atoms with van der Waals surface area (Å²) in [5.74, 6) is -0.853. The Balaban J connectivity index is 0.000000559. The number of carboxylic acids is 1. The molecular formula is C28H35BF3NO7. The van der Waals surface area contributed by atoms with Crippen molar-refractivity contribution in [1.82, 2.24) is 4.81 Å². The summed E-state index contributed by atoms with van der Waals surface area (Å²) in [5.41, 5.74) is 3.14. The Morgan fingerprint density at radius 3 is 2.23 bits per heavy atom. The van der Waals surface area contributed by atoms with Crippen LogP contribution in [0.4, 0.5) is 13.2 Å². The Kier molecular flexibility index (Phi) is 10.3. The number of amides is 1. The molecule has 2 unspecified atom stereocenters. The number of halogens is 3. The van der Waals surface area contributed by atoms with Gasteiger partial charge in [-0.25, -0.2) is 4.79 Å². The Bertz CT molecular complexity index is 1180. The van der Waals surface area contributed by atoms with Crippen molar-refractivity contribution in [3.05, 3.63) is 53.1 Å². The van der Waals surface area contributed by atoms with Crippen LogP contribution in [0, 0.1) is 12.8 Å². The predicted octanol–water partition coefficient (Wildman–Crippen LogP) is 4.86. The minimum absolute atomic E-state index is 0.0244. The molecule has 2 aromatic rings. The van der Waals surface area contributed by atoms with Crippen LogP contribution in [0.15, 0.2) is 36.4 Å². The number of carbonyl (C=O) groups is 2. The second-order valence-corrected chi connectivity index (χ2v) is 10.1. The highest BCUT2D eigenvalue weighted by Gasteiger charge is 2.44. The maximum absolute atomic E-state index is 13.3. The zero-order chi connectivity index (χ0) is 29.6. The van der Waals surface area contributed by atoms with Crippen molar-refractivity contribution < 1.29 is 47.1 Å². The summed E-state index contributed by atoms with van der Waals surface area (Å²) in [6.45, 7) is 4.12. The van der Waals surface area contributed by atoms with Crippen LogP contribution < -0.4 is 14.2 Å². The van der Waals surface area contributed by atoms with Crippen molar-refractivity contribution in [2.24, 2.45) is 5.92 Å². The van der Waals surface area contributed by atoms with Gasteiger partial charge in [-0.2, -0.15) is 13.2 Å². The number of aryl methyl sites for hydroxylation is 1. The van der Waals surface area contributed by atoms with Crippen molar-refractivity contribution >= 4 is 18.9 Å². The van der Waals surface area contributed by atoms with E-state index in [1.165, 1.54) is 12.8 Å². The van der Waals surface area contributed by atoms with Crippen LogP contribution >= 0.6 is 0 Å². The average molecular weight is 565 g/mol. The highest BCUT2D eigenvalue weighted by atomic mass is 19.4. The van der Waals surface area contributed by atoms with E-state index in [1.54, 1.807) is 25.9 Å². The van der Waals surface area contributed by atoms with E-state index in [4.69, 9.17) is 24.1 Å². The molecule has 2 atom stereocenters. The van der Waals surface area contributed by atoms with E-state index in [9.17, 15) is 23.0 Å². The molecule has 2 aliphatic rings. The normalized spacial score (nSPS) is 19.2. The number of nitrogens with zero attached hydrogens (tertiary/aromatic N) is 1. The fraction of sp³-hybridized carbons (Fsp3) is 0.500. The number of ether oxygens (including phenoxy) is 3. The van der Waals surface area contributed by atoms with Gasteiger partial charge in [0.25, 0.3) is 0 Å². The minimum atomic E-state index is -5.08. The Hall–Kier alpha value is -3.41. The molecule has 8 nitrogen and oxygen atoms in total. The molecule has 1 amide bonds. The zero-order valence-electron chi connectivity index (χ0n) is 23.0. The number of rotatable bonds is 8. The molecular weight excluding hydrogens is 530 g/mol. The Labute approximate surface area is 232 Å². The molecule has 2 N–H and O–H groups in total. The van der Waals surface area contributed by atoms with Crippen molar-refractivity contribution in [3.8, 4) is 17.2 Å². The second kappa shape index (κ2) is 13.3. The number of carbonyl (C=O) groups excluding carboxylic acids is 1. The molecule has 1 aliphatic heterocycles. The van der Waals surface area contributed by atoms with Gasteiger partial charge in [0.15, 0.2) is 11.5 Å². The van der Waals surface area contributed by atoms with E-state index in [-0.39, 0.29) is 23.8 Å². The summed E-state index contributed by atoms with van der Waals surface area (Å²) in [4.78, 5) is 23.8. The summed E-state index contributed by atoms with van der Waals surface area (Å²) >= 11 is 0. The van der Waals surface area contributed by atoms with E-state index < -0.39 is 19.2 Å². The number of methoxy groups -OCH3 is 2. The van der Waals surface area contributed by atoms with Crippen LogP contribution in [0.3, 0.4) is 0 Å². The molecule has 40 heavy (non-hydrogen) atoms. The fourth-order valence-electron chi connectivity index (χ4n) is 5.17. The largest absolute Gasteiger partial charge is 0.496 e. The summed E-state index contributed by atoms with van der Waals surface area (Å²) < 4.78 is 49.1. The molecule has 218 valence electrons. The lowest BCUT2D eigenvalue weighted by molar-refractivity contribution is -0.192. The van der Waals surface area contributed by atoms with Gasteiger partial charge >= 0.3 is 19.2 Å². The van der Waals surface area contributed by atoms with Crippen molar-refractivity contribution in [3.63, 3.8) is 0 Å². The van der Waals surface area contributed by atoms with Gasteiger partial charge in [0.1, 0.15) is 5.75 Å². The van der Waals surface area contributed by atoms with Crippen LogP contribution in [-0.4, -0.2) is 66.9 Å². The first kappa shape index (κ1) is 31.1. The third-order valence-electron chi connectivity index (χ3n) is 7.31. The topological polar surface area (TPSA) is 106 Å². The van der Waals surface area contributed by atoms with Gasteiger partial charge in [-0.3, -0.25) is 4.79 Å². The van der Waals surface area contributed by atoms with E-state index in [0.717, 1.165) is 41.0 Å². The summed E-state index contributed by atoms with van der Waals surface area (Å²) in [7, 11) is 2.48. The highest BCUT2D eigenvalue weighted by molar-refractivity contribution is 6.49. The molecule has 2 aromatic carbocycles. The van der Waals surface area contributed by atoms with Crippen molar-refractivity contribution in [1.29, 1.82) is 0 Å². The van der Waals surface area contributed by atoms with Crippen LogP contribution in [0.25, 0.3) is 0 Å². The SMILES string of the molecule is COc1cc(CC2C(=O)N(B(C)O)CC2c2ccc(OC)c(OC3CCCC3)c2)ccc1C.O=C(O)C(F)(F)F. The Morgan fingerprint density at radius 2 is 1.68 bits per heavy atom. The standard InChI is InChI=1S/C26H34BNO5.C2HF3O2/c1-17-9-10-18(14-24(17)32-4)13-21-22(16-28(26(21)29)27(2)30)19-11-12-23(31-3)25(15-19)33-20-7-5-6-8-20;3-2(4,5)1(6)7/h9-12,14-15,20-22,30H,5-8,13,16H2,1-4H3;(H,6,7). The fourth-order valence-corrected chi connectivity index (χ4v) is 5.17. The minimum Gasteiger partial charge on any atom is -0.496 e. The molecule has 0 radical (unpaired) electrons. The van der Waals surface area contributed by atoms with Crippen LogP contribution in [0.1, 0.15) is 48.3 Å². The van der Waals surface area contributed by atoms with Crippen molar-refractivity contribution in [2.75, 3.05) is 20.8 Å². The quantitative estimate of drug-likeness (QED) is 0.441. The smallest absolute Gasteiger partial charge is 0.490 e. The highest BCUT2D eigenvalue weighted by Crippen LogP contribution is 2.41. The molecule has 1 aliphatic carbocycles. The number of carboxylic acid groups (broad SMARTS) is 1. The van der Waals surface area contributed by atoms with Crippen LogP contribution in [0.5, 0.6) is 17.2 Å². The van der Waals surface area contributed by atoms with E-state index >= 15 is 0 Å². The molecule has 4 rings (SSSR count). The first-order chi connectivity index (χ1) is 18.8. The van der Waals surface area contributed by atoms with Crippen molar-refractivity contribution in [2.45, 2.75) is 64.0 Å². The van der Waals surface area contributed by atoms with Gasteiger partial charge in [-0.05, 0) is 80.7 Å². The predicted molar refractivity (Wildman–Crippen MR) is 143 cm³/mol. The summed E-state index contributed by atoms with van der Waals surface area (Å²) in [6.07, 6.45) is 0.203. The van der Waals surface area contributed by atoms with Gasteiger partial charge in [0.05, 0.1) is 20.3 Å². The monoisotopic (exact) mass is 565 g/mol. The molecule has 1 heterocycles. The third-order valence-corrected chi connectivity index (χ3v) is 7.31. The lowest BCUT2D eigenvalue weighted by Crippen LogP contribution is -2.39. The molecule has 1 saturated carbocycles. The van der Waals surface area contributed by atoms with Gasteiger partial charge in [-0.1, -0.05) is 18.2 Å².